The summed E-state index contributed by atoms with van der Waals surface area (Å²) in [6.07, 6.45) is 0. The molecule has 8 heteroatoms. The van der Waals surface area contributed by atoms with Crippen LogP contribution in [0.3, 0.4) is 0 Å². The van der Waals surface area contributed by atoms with Gasteiger partial charge in [-0.15, -0.1) is 0 Å². The molecule has 4 nitrogen and oxygen atoms in total. The number of nitrogens with zero attached hydrogens (tertiary/aromatic N) is 2. The van der Waals surface area contributed by atoms with Gasteiger partial charge in [-0.3, -0.25) is 0 Å². The van der Waals surface area contributed by atoms with Gasteiger partial charge in [-0.2, -0.15) is 5.10 Å². The maximum absolute atomic E-state index is 13.1. The lowest BCUT2D eigenvalue weighted by Crippen LogP contribution is -2.02. The molecule has 102 valence electrons. The molecule has 2 rings (SSSR count). The Hall–Kier alpha value is -1.11. The molecule has 19 heavy (non-hydrogen) atoms. The minimum atomic E-state index is -3.96. The first-order valence-corrected chi connectivity index (χ1v) is 7.90. The van der Waals surface area contributed by atoms with Gasteiger partial charge in [-0.25, -0.2) is 17.5 Å². The van der Waals surface area contributed by atoms with Gasteiger partial charge in [0, 0.05) is 10.7 Å². The minimum Gasteiger partial charge on any atom is -0.248 e. The van der Waals surface area contributed by atoms with Crippen LogP contribution in [0, 0.1) is 12.7 Å². The summed E-state index contributed by atoms with van der Waals surface area (Å²) in [5.74, 6) is -0.386. The first-order valence-electron chi connectivity index (χ1n) is 5.21. The van der Waals surface area contributed by atoms with Crippen LogP contribution in [0.2, 0.25) is 5.15 Å². The van der Waals surface area contributed by atoms with Gasteiger partial charge < -0.3 is 0 Å². The zero-order valence-electron chi connectivity index (χ0n) is 9.77. The summed E-state index contributed by atoms with van der Waals surface area (Å²) < 4.78 is 37.1. The Kier molecular flexibility index (Phi) is 3.85. The van der Waals surface area contributed by atoms with Crippen molar-refractivity contribution in [3.05, 3.63) is 46.5 Å². The van der Waals surface area contributed by atoms with Crippen LogP contribution in [-0.4, -0.2) is 18.2 Å². The molecule has 0 saturated heterocycles. The number of aromatic nitrogens is 2. The Morgan fingerprint density at radius 1 is 1.42 bits per heavy atom. The van der Waals surface area contributed by atoms with E-state index >= 15 is 0 Å². The molecule has 0 N–H and O–H groups in total. The van der Waals surface area contributed by atoms with Gasteiger partial charge in [-0.1, -0.05) is 23.7 Å². The predicted molar refractivity (Wildman–Crippen MR) is 70.5 cm³/mol. The highest BCUT2D eigenvalue weighted by molar-refractivity contribution is 8.13. The predicted octanol–water partition coefficient (Wildman–Crippen LogP) is 2.96. The quantitative estimate of drug-likeness (QED) is 0.816. The molecular formula is C11H9Cl2FN2O2S. The Bertz CT molecular complexity index is 728. The Balaban J connectivity index is 2.43. The van der Waals surface area contributed by atoms with E-state index in [4.69, 9.17) is 22.3 Å². The average molecular weight is 323 g/mol. The number of hydrogen-bond donors (Lipinski definition) is 0. The summed E-state index contributed by atoms with van der Waals surface area (Å²) >= 11 is 5.95. The second-order valence-electron chi connectivity index (χ2n) is 3.93. The van der Waals surface area contributed by atoms with Crippen molar-refractivity contribution in [1.82, 2.24) is 9.78 Å². The largest absolute Gasteiger partial charge is 0.266 e. The highest BCUT2D eigenvalue weighted by Crippen LogP contribution is 2.28. The normalized spacial score (nSPS) is 11.8. The molecular weight excluding hydrogens is 314 g/mol. The highest BCUT2D eigenvalue weighted by Gasteiger charge is 2.24. The first kappa shape index (κ1) is 14.3. The molecule has 0 amide bonds. The second kappa shape index (κ2) is 5.11. The van der Waals surface area contributed by atoms with E-state index in [0.29, 0.717) is 5.56 Å². The number of halogens is 3. The second-order valence-corrected chi connectivity index (χ2v) is 6.79. The van der Waals surface area contributed by atoms with Gasteiger partial charge in [-0.05, 0) is 24.6 Å². The lowest BCUT2D eigenvalue weighted by molar-refractivity contribution is 0.608. The van der Waals surface area contributed by atoms with Crippen molar-refractivity contribution in [3.63, 3.8) is 0 Å². The smallest absolute Gasteiger partial charge is 0.248 e. The zero-order valence-corrected chi connectivity index (χ0v) is 12.1. The van der Waals surface area contributed by atoms with Gasteiger partial charge in [0.15, 0.2) is 0 Å². The van der Waals surface area contributed by atoms with Crippen LogP contribution in [-0.2, 0) is 15.6 Å². The Morgan fingerprint density at radius 3 is 2.63 bits per heavy atom. The Morgan fingerprint density at radius 2 is 2.11 bits per heavy atom. The SMILES string of the molecule is Cc1nn(Cc2cccc(F)c2)c(Cl)c1S(=O)(=O)Cl. The highest BCUT2D eigenvalue weighted by atomic mass is 35.7. The maximum atomic E-state index is 13.1. The zero-order chi connectivity index (χ0) is 14.2. The van der Waals surface area contributed by atoms with Gasteiger partial charge in [0.05, 0.1) is 12.2 Å². The maximum Gasteiger partial charge on any atom is 0.266 e. The van der Waals surface area contributed by atoms with Crippen molar-refractivity contribution < 1.29 is 12.8 Å². The minimum absolute atomic E-state index is 0.0863. The summed E-state index contributed by atoms with van der Waals surface area (Å²) in [4.78, 5) is -0.216. The third kappa shape index (κ3) is 3.08. The lowest BCUT2D eigenvalue weighted by Gasteiger charge is -2.03. The summed E-state index contributed by atoms with van der Waals surface area (Å²) in [6, 6.07) is 5.87. The van der Waals surface area contributed by atoms with E-state index in [9.17, 15) is 12.8 Å². The fraction of sp³-hybridized carbons (Fsp3) is 0.182. The van der Waals surface area contributed by atoms with Crippen molar-refractivity contribution in [2.24, 2.45) is 0 Å². The lowest BCUT2D eigenvalue weighted by atomic mass is 10.2. The van der Waals surface area contributed by atoms with Crippen LogP contribution in [0.15, 0.2) is 29.2 Å². The van der Waals surface area contributed by atoms with E-state index in [1.165, 1.54) is 23.7 Å². The summed E-state index contributed by atoms with van der Waals surface area (Å²) in [5, 5.41) is 3.91. The topological polar surface area (TPSA) is 52.0 Å². The fourth-order valence-electron chi connectivity index (χ4n) is 1.73. The average Bonchev–Trinajstić information content (AvgIpc) is 2.53. The molecule has 1 aromatic carbocycles. The fourth-order valence-corrected chi connectivity index (χ4v) is 3.64. The van der Waals surface area contributed by atoms with E-state index in [0.717, 1.165) is 0 Å². The van der Waals surface area contributed by atoms with Gasteiger partial charge in [0.1, 0.15) is 15.9 Å². The van der Waals surface area contributed by atoms with E-state index in [-0.39, 0.29) is 28.1 Å². The molecule has 0 aliphatic carbocycles. The summed E-state index contributed by atoms with van der Waals surface area (Å²) in [5.41, 5.74) is 0.819. The van der Waals surface area contributed by atoms with E-state index in [1.807, 2.05) is 0 Å². The van der Waals surface area contributed by atoms with E-state index < -0.39 is 9.05 Å². The van der Waals surface area contributed by atoms with Gasteiger partial charge in [0.2, 0.25) is 0 Å². The van der Waals surface area contributed by atoms with Crippen molar-refractivity contribution in [2.45, 2.75) is 18.4 Å². The molecule has 1 aromatic heterocycles. The Labute approximate surface area is 119 Å². The van der Waals surface area contributed by atoms with E-state index in [1.54, 1.807) is 12.1 Å². The molecule has 0 aliphatic heterocycles. The molecule has 0 unspecified atom stereocenters. The van der Waals surface area contributed by atoms with Crippen LogP contribution >= 0.6 is 22.3 Å². The van der Waals surface area contributed by atoms with E-state index in [2.05, 4.69) is 5.10 Å². The van der Waals surface area contributed by atoms with Gasteiger partial charge >= 0.3 is 0 Å². The van der Waals surface area contributed by atoms with Crippen LogP contribution < -0.4 is 0 Å². The standard InChI is InChI=1S/C11H9Cl2FN2O2S/c1-7-10(19(13,17)18)11(12)16(15-7)6-8-3-2-4-9(14)5-8/h2-5H,6H2,1H3. The molecule has 2 aromatic rings. The van der Waals surface area contributed by atoms with Crippen molar-refractivity contribution in [1.29, 1.82) is 0 Å². The van der Waals surface area contributed by atoms with Gasteiger partial charge in [0.25, 0.3) is 9.05 Å². The molecule has 0 bridgehead atoms. The summed E-state index contributed by atoms with van der Waals surface area (Å²) in [6.45, 7) is 1.65. The van der Waals surface area contributed by atoms with Crippen LogP contribution in [0.5, 0.6) is 0 Å². The molecule has 0 atom stereocenters. The van der Waals surface area contributed by atoms with Crippen molar-refractivity contribution >= 4 is 31.3 Å². The number of benzene rings is 1. The number of aryl methyl sites for hydroxylation is 1. The third-order valence-corrected chi connectivity index (χ3v) is 4.41. The van der Waals surface area contributed by atoms with Crippen LogP contribution in [0.25, 0.3) is 0 Å². The molecule has 0 spiro atoms. The first-order chi connectivity index (χ1) is 8.79. The monoisotopic (exact) mass is 322 g/mol. The van der Waals surface area contributed by atoms with Crippen molar-refractivity contribution in [2.75, 3.05) is 0 Å². The number of rotatable bonds is 3. The summed E-state index contributed by atoms with van der Waals surface area (Å²) in [7, 11) is 1.32. The van der Waals surface area contributed by atoms with Crippen molar-refractivity contribution in [3.8, 4) is 0 Å². The third-order valence-electron chi connectivity index (χ3n) is 2.48. The van der Waals surface area contributed by atoms with Crippen LogP contribution in [0.4, 0.5) is 4.39 Å². The number of hydrogen-bond acceptors (Lipinski definition) is 3. The molecule has 0 saturated carbocycles. The molecule has 1 heterocycles. The molecule has 0 radical (unpaired) electrons. The van der Waals surface area contributed by atoms with Crippen LogP contribution in [0.1, 0.15) is 11.3 Å². The molecule has 0 aliphatic rings. The molecule has 0 fully saturated rings.